The monoisotopic (exact) mass is 432 g/mol. The van der Waals surface area contributed by atoms with Crippen LogP contribution in [0.5, 0.6) is 0 Å². The van der Waals surface area contributed by atoms with E-state index in [1.54, 1.807) is 18.4 Å². The summed E-state index contributed by atoms with van der Waals surface area (Å²) in [7, 11) is 1.38. The van der Waals surface area contributed by atoms with Crippen molar-refractivity contribution in [1.82, 2.24) is 9.80 Å². The molecule has 3 aromatic rings. The Bertz CT molecular complexity index is 1060. The van der Waals surface area contributed by atoms with E-state index >= 15 is 0 Å². The van der Waals surface area contributed by atoms with E-state index < -0.39 is 0 Å². The fraction of sp³-hybridized carbons (Fsp3) is 0.308. The van der Waals surface area contributed by atoms with Crippen molar-refractivity contribution in [3.05, 3.63) is 83.6 Å². The molecule has 0 saturated carbocycles. The summed E-state index contributed by atoms with van der Waals surface area (Å²) in [5, 5.41) is 0. The Morgan fingerprint density at radius 1 is 0.969 bits per heavy atom. The number of ether oxygens (including phenoxy) is 1. The van der Waals surface area contributed by atoms with Crippen molar-refractivity contribution < 1.29 is 18.7 Å². The highest BCUT2D eigenvalue weighted by Crippen LogP contribution is 2.25. The predicted octanol–water partition coefficient (Wildman–Crippen LogP) is 4.47. The van der Waals surface area contributed by atoms with Crippen molar-refractivity contribution >= 4 is 11.9 Å². The third-order valence-electron chi connectivity index (χ3n) is 5.93. The van der Waals surface area contributed by atoms with Gasteiger partial charge in [0.2, 0.25) is 0 Å². The summed E-state index contributed by atoms with van der Waals surface area (Å²) in [6.45, 7) is 6.53. The number of benzene rings is 2. The SMILES string of the molecule is COC(=O)c1ccc(CN2C[C@@H](C)N(C(=O)c3cccc(-c4ccco4)c3)[C@@H](C)C2)cc1. The lowest BCUT2D eigenvalue weighted by Gasteiger charge is -2.44. The van der Waals surface area contributed by atoms with Crippen molar-refractivity contribution in [3.8, 4) is 11.3 Å². The highest BCUT2D eigenvalue weighted by Gasteiger charge is 2.33. The summed E-state index contributed by atoms with van der Waals surface area (Å²) >= 11 is 0. The van der Waals surface area contributed by atoms with Crippen LogP contribution in [0.15, 0.2) is 71.3 Å². The molecule has 4 rings (SSSR count). The van der Waals surface area contributed by atoms with Gasteiger partial charge < -0.3 is 14.1 Å². The third-order valence-corrected chi connectivity index (χ3v) is 5.93. The summed E-state index contributed by atoms with van der Waals surface area (Å²) in [4.78, 5) is 29.3. The maximum absolute atomic E-state index is 13.4. The molecule has 1 fully saturated rings. The van der Waals surface area contributed by atoms with E-state index in [1.807, 2.05) is 53.4 Å². The highest BCUT2D eigenvalue weighted by molar-refractivity contribution is 5.95. The second-order valence-electron chi connectivity index (χ2n) is 8.35. The minimum atomic E-state index is -0.331. The molecular weight excluding hydrogens is 404 g/mol. The number of methoxy groups -OCH3 is 1. The topological polar surface area (TPSA) is 63.0 Å². The second-order valence-corrected chi connectivity index (χ2v) is 8.35. The van der Waals surface area contributed by atoms with Gasteiger partial charge in [0.15, 0.2) is 0 Å². The maximum Gasteiger partial charge on any atom is 0.337 e. The number of hydrogen-bond donors (Lipinski definition) is 0. The number of nitrogens with zero attached hydrogens (tertiary/aromatic N) is 2. The molecule has 2 heterocycles. The van der Waals surface area contributed by atoms with Crippen LogP contribution in [0, 0.1) is 0 Å². The Balaban J connectivity index is 1.43. The van der Waals surface area contributed by atoms with Crippen molar-refractivity contribution in [1.29, 1.82) is 0 Å². The summed E-state index contributed by atoms with van der Waals surface area (Å²) in [6, 6.07) is 19.0. The van der Waals surface area contributed by atoms with Gasteiger partial charge >= 0.3 is 5.97 Å². The Labute approximate surface area is 188 Å². The molecule has 0 bridgehead atoms. The van der Waals surface area contributed by atoms with Gasteiger partial charge in [-0.3, -0.25) is 9.69 Å². The molecule has 0 radical (unpaired) electrons. The average Bonchev–Trinajstić information content (AvgIpc) is 3.34. The molecule has 1 aromatic heterocycles. The van der Waals surface area contributed by atoms with Crippen molar-refractivity contribution in [3.63, 3.8) is 0 Å². The first-order chi connectivity index (χ1) is 15.5. The Kier molecular flexibility index (Phi) is 6.42. The molecule has 1 aliphatic rings. The van der Waals surface area contributed by atoms with E-state index in [-0.39, 0.29) is 24.0 Å². The quantitative estimate of drug-likeness (QED) is 0.557. The molecule has 0 spiro atoms. The Hall–Kier alpha value is -3.38. The lowest BCUT2D eigenvalue weighted by molar-refractivity contribution is 0.0268. The first-order valence-electron chi connectivity index (χ1n) is 10.8. The zero-order valence-corrected chi connectivity index (χ0v) is 18.7. The van der Waals surface area contributed by atoms with Crippen LogP contribution >= 0.6 is 0 Å². The zero-order chi connectivity index (χ0) is 22.7. The smallest absolute Gasteiger partial charge is 0.337 e. The number of hydrogen-bond acceptors (Lipinski definition) is 5. The van der Waals surface area contributed by atoms with E-state index in [4.69, 9.17) is 9.15 Å². The maximum atomic E-state index is 13.4. The van der Waals surface area contributed by atoms with Gasteiger partial charge in [-0.1, -0.05) is 24.3 Å². The van der Waals surface area contributed by atoms with Gasteiger partial charge in [0, 0.05) is 42.8 Å². The molecule has 6 nitrogen and oxygen atoms in total. The van der Waals surface area contributed by atoms with E-state index in [0.29, 0.717) is 11.1 Å². The number of rotatable bonds is 5. The fourth-order valence-electron chi connectivity index (χ4n) is 4.48. The van der Waals surface area contributed by atoms with E-state index in [0.717, 1.165) is 36.5 Å². The average molecular weight is 433 g/mol. The van der Waals surface area contributed by atoms with Gasteiger partial charge in [-0.05, 0) is 55.8 Å². The Morgan fingerprint density at radius 2 is 1.69 bits per heavy atom. The number of furan rings is 1. The predicted molar refractivity (Wildman–Crippen MR) is 122 cm³/mol. The first-order valence-corrected chi connectivity index (χ1v) is 10.8. The number of carbonyl (C=O) groups is 2. The zero-order valence-electron chi connectivity index (χ0n) is 18.7. The van der Waals surface area contributed by atoms with Crippen LogP contribution in [0.3, 0.4) is 0 Å². The number of carbonyl (C=O) groups excluding carboxylic acids is 2. The summed E-state index contributed by atoms with van der Waals surface area (Å²) in [5.74, 6) is 0.464. The molecule has 1 saturated heterocycles. The summed E-state index contributed by atoms with van der Waals surface area (Å²) in [5.41, 5.74) is 3.24. The first kappa shape index (κ1) is 21.8. The highest BCUT2D eigenvalue weighted by atomic mass is 16.5. The minimum absolute atomic E-state index is 0.0421. The lowest BCUT2D eigenvalue weighted by Crippen LogP contribution is -2.58. The molecular formula is C26H28N2O4. The summed E-state index contributed by atoms with van der Waals surface area (Å²) < 4.78 is 10.2. The molecule has 32 heavy (non-hydrogen) atoms. The van der Waals surface area contributed by atoms with Crippen molar-refractivity contribution in [2.75, 3.05) is 20.2 Å². The minimum Gasteiger partial charge on any atom is -0.465 e. The number of esters is 1. The number of amides is 1. The largest absolute Gasteiger partial charge is 0.465 e. The molecule has 0 unspecified atom stereocenters. The van der Waals surface area contributed by atoms with Crippen LogP contribution in [-0.2, 0) is 11.3 Å². The van der Waals surface area contributed by atoms with E-state index in [9.17, 15) is 9.59 Å². The van der Waals surface area contributed by atoms with Gasteiger partial charge in [-0.2, -0.15) is 0 Å². The molecule has 0 N–H and O–H groups in total. The van der Waals surface area contributed by atoms with E-state index in [1.165, 1.54) is 7.11 Å². The van der Waals surface area contributed by atoms with Gasteiger partial charge in [0.1, 0.15) is 5.76 Å². The van der Waals surface area contributed by atoms with Crippen molar-refractivity contribution in [2.24, 2.45) is 0 Å². The molecule has 1 aliphatic heterocycles. The van der Waals surface area contributed by atoms with Crippen LogP contribution in [-0.4, -0.2) is 54.0 Å². The van der Waals surface area contributed by atoms with Crippen LogP contribution in [0.25, 0.3) is 11.3 Å². The van der Waals surface area contributed by atoms with Crippen LogP contribution < -0.4 is 0 Å². The van der Waals surface area contributed by atoms with Gasteiger partial charge in [-0.25, -0.2) is 4.79 Å². The summed E-state index contributed by atoms with van der Waals surface area (Å²) in [6.07, 6.45) is 1.64. The third kappa shape index (κ3) is 4.60. The molecule has 0 aliphatic carbocycles. The molecule has 2 aromatic carbocycles. The van der Waals surface area contributed by atoms with Crippen molar-refractivity contribution in [2.45, 2.75) is 32.5 Å². The molecule has 6 heteroatoms. The fourth-order valence-corrected chi connectivity index (χ4v) is 4.48. The van der Waals surface area contributed by atoms with Gasteiger partial charge in [0.25, 0.3) is 5.91 Å². The van der Waals surface area contributed by atoms with Crippen LogP contribution in [0.1, 0.15) is 40.1 Å². The Morgan fingerprint density at radius 3 is 2.31 bits per heavy atom. The molecule has 1 amide bonds. The van der Waals surface area contributed by atoms with Gasteiger partial charge in [0.05, 0.1) is 18.9 Å². The lowest BCUT2D eigenvalue weighted by atomic mass is 10.0. The molecule has 2 atom stereocenters. The molecule has 166 valence electrons. The van der Waals surface area contributed by atoms with E-state index in [2.05, 4.69) is 18.7 Å². The van der Waals surface area contributed by atoms with Crippen LogP contribution in [0.2, 0.25) is 0 Å². The van der Waals surface area contributed by atoms with Crippen LogP contribution in [0.4, 0.5) is 0 Å². The normalized spacial score (nSPS) is 19.0. The second kappa shape index (κ2) is 9.40. The standard InChI is InChI=1S/C26H28N2O4/c1-18-15-27(17-20-9-11-21(12-10-20)26(30)31-3)16-19(2)28(18)25(29)23-7-4-6-22(14-23)24-8-5-13-32-24/h4-14,18-19H,15-17H2,1-3H3/t18-,19+. The van der Waals surface area contributed by atoms with Gasteiger partial charge in [-0.15, -0.1) is 0 Å². The number of piperazine rings is 1.